The molecule has 0 aliphatic carbocycles. The van der Waals surface area contributed by atoms with Gasteiger partial charge in [-0.05, 0) is 72.0 Å². The molecule has 0 unspecified atom stereocenters. The van der Waals surface area contributed by atoms with E-state index in [2.05, 4.69) is 11.7 Å². The van der Waals surface area contributed by atoms with Gasteiger partial charge >= 0.3 is 6.11 Å². The van der Waals surface area contributed by atoms with Crippen LogP contribution in [-0.2, 0) is 12.5 Å². The third-order valence-electron chi connectivity index (χ3n) is 7.77. The maximum absolute atomic E-state index is 15.0. The van der Waals surface area contributed by atoms with Crippen LogP contribution in [0.2, 0.25) is 0 Å². The summed E-state index contributed by atoms with van der Waals surface area (Å²) in [5, 5.41) is 0. The lowest BCUT2D eigenvalue weighted by Crippen LogP contribution is -2.23. The first-order valence-electron chi connectivity index (χ1n) is 15.0. The number of unbranched alkanes of at least 4 members (excludes halogenated alkanes) is 2. The van der Waals surface area contributed by atoms with Gasteiger partial charge in [0.25, 0.3) is 0 Å². The van der Waals surface area contributed by atoms with Crippen molar-refractivity contribution in [2.75, 3.05) is 0 Å². The molecule has 0 amide bonds. The van der Waals surface area contributed by atoms with Crippen molar-refractivity contribution < 1.29 is 48.6 Å². The molecule has 5 rings (SSSR count). The van der Waals surface area contributed by atoms with Gasteiger partial charge in [0, 0.05) is 28.3 Å². The minimum atomic E-state index is -4.39. The summed E-state index contributed by atoms with van der Waals surface area (Å²) in [5.74, 6) is -12.2. The van der Waals surface area contributed by atoms with Gasteiger partial charge in [0.2, 0.25) is 0 Å². The molecule has 49 heavy (non-hydrogen) atoms. The largest absolute Gasteiger partial charge is 0.429 e. The zero-order valence-corrected chi connectivity index (χ0v) is 25.7. The summed E-state index contributed by atoms with van der Waals surface area (Å²) >= 11 is 0. The van der Waals surface area contributed by atoms with Gasteiger partial charge in [-0.3, -0.25) is 0 Å². The quantitative estimate of drug-likeness (QED) is 0.0581. The molecule has 0 saturated heterocycles. The fourth-order valence-electron chi connectivity index (χ4n) is 5.16. The van der Waals surface area contributed by atoms with Crippen molar-refractivity contribution in [1.82, 2.24) is 0 Å². The van der Waals surface area contributed by atoms with Crippen LogP contribution in [0.4, 0.5) is 43.9 Å². The number of benzene rings is 5. The minimum Gasteiger partial charge on any atom is -0.429 e. The van der Waals surface area contributed by atoms with E-state index in [9.17, 15) is 30.7 Å². The van der Waals surface area contributed by atoms with Gasteiger partial charge in [-0.1, -0.05) is 62.2 Å². The second kappa shape index (κ2) is 14.6. The molecule has 11 heteroatoms. The van der Waals surface area contributed by atoms with Crippen molar-refractivity contribution in [3.05, 3.63) is 148 Å². The van der Waals surface area contributed by atoms with Crippen LogP contribution in [0.15, 0.2) is 91.0 Å². The Balaban J connectivity index is 1.32. The van der Waals surface area contributed by atoms with Gasteiger partial charge in [-0.15, -0.1) is 0 Å². The topological polar surface area (TPSA) is 9.23 Å². The van der Waals surface area contributed by atoms with E-state index in [4.69, 9.17) is 0 Å². The fourth-order valence-corrected chi connectivity index (χ4v) is 5.16. The molecule has 5 aromatic rings. The normalized spacial score (nSPS) is 12.2. The van der Waals surface area contributed by atoms with Gasteiger partial charge in [-0.25, -0.2) is 35.1 Å². The first kappa shape index (κ1) is 35.3. The van der Waals surface area contributed by atoms with Gasteiger partial charge in [0.05, 0.1) is 5.56 Å². The second-order valence-electron chi connectivity index (χ2n) is 11.2. The van der Waals surface area contributed by atoms with Crippen molar-refractivity contribution in [3.8, 4) is 28.0 Å². The molecule has 0 spiro atoms. The lowest BCUT2D eigenvalue weighted by molar-refractivity contribution is -0.187. The van der Waals surface area contributed by atoms with Crippen molar-refractivity contribution in [2.24, 2.45) is 0 Å². The van der Waals surface area contributed by atoms with Gasteiger partial charge in [-0.2, -0.15) is 8.78 Å². The van der Waals surface area contributed by atoms with Gasteiger partial charge < -0.3 is 4.74 Å². The molecular weight excluding hydrogens is 662 g/mol. The average Bonchev–Trinajstić information content (AvgIpc) is 3.06. The molecule has 5 aromatic carbocycles. The van der Waals surface area contributed by atoms with E-state index in [1.165, 1.54) is 18.2 Å². The predicted molar refractivity (Wildman–Crippen MR) is 167 cm³/mol. The van der Waals surface area contributed by atoms with Crippen molar-refractivity contribution >= 4 is 11.7 Å². The van der Waals surface area contributed by atoms with Crippen LogP contribution in [-0.4, -0.2) is 0 Å². The number of alkyl halides is 2. The van der Waals surface area contributed by atoms with E-state index < -0.39 is 69.5 Å². The lowest BCUT2D eigenvalue weighted by atomic mass is 9.99. The Morgan fingerprint density at radius 1 is 0.571 bits per heavy atom. The monoisotopic (exact) mass is 688 g/mol. The summed E-state index contributed by atoms with van der Waals surface area (Å²) in [6.07, 6.45) is -0.635. The molecule has 1 nitrogen and oxygen atoms in total. The zero-order valence-electron chi connectivity index (χ0n) is 25.7. The molecule has 0 bridgehead atoms. The SMILES string of the molecule is CCCCCc1ccc(/C(F)=C(\F)c2ccc(C(F)(F)Oc3ccc(-c4ccc(-c5cc(F)c(F)c(F)c5)c(F)c4)c(F)c3)c(F)c2)cc1. The highest BCUT2D eigenvalue weighted by atomic mass is 19.3. The molecular formula is C38H26F10O. The minimum absolute atomic E-state index is 0.0908. The zero-order chi connectivity index (χ0) is 35.5. The third-order valence-corrected chi connectivity index (χ3v) is 7.77. The summed E-state index contributed by atoms with van der Waals surface area (Å²) in [4.78, 5) is 0. The average molecular weight is 689 g/mol. The number of hydrogen-bond acceptors (Lipinski definition) is 1. The lowest BCUT2D eigenvalue weighted by Gasteiger charge is -2.19. The standard InChI is InChI=1S/C38H26F10O/c1-2-3-4-5-21-6-8-22(9-7-21)35(44)36(45)24-11-15-29(32(41)17-24)38(47,48)49-26-12-14-27(31(40)20-26)23-10-13-28(30(39)16-23)25-18-33(42)37(46)34(43)19-25/h6-20H,2-5H2,1H3/b36-35+. The van der Waals surface area contributed by atoms with Gasteiger partial charge in [0.1, 0.15) is 23.2 Å². The molecule has 0 radical (unpaired) electrons. The van der Waals surface area contributed by atoms with Crippen molar-refractivity contribution in [1.29, 1.82) is 0 Å². The van der Waals surface area contributed by atoms with Crippen LogP contribution < -0.4 is 4.74 Å². The Morgan fingerprint density at radius 3 is 1.76 bits per heavy atom. The highest BCUT2D eigenvalue weighted by molar-refractivity contribution is 5.83. The molecule has 0 heterocycles. The summed E-state index contributed by atoms with van der Waals surface area (Å²) in [6.45, 7) is 2.06. The second-order valence-corrected chi connectivity index (χ2v) is 11.2. The summed E-state index contributed by atoms with van der Waals surface area (Å²) in [7, 11) is 0. The van der Waals surface area contributed by atoms with Crippen molar-refractivity contribution in [3.63, 3.8) is 0 Å². The molecule has 0 aliphatic rings. The highest BCUT2D eigenvalue weighted by Crippen LogP contribution is 2.38. The van der Waals surface area contributed by atoms with Crippen LogP contribution in [0.3, 0.4) is 0 Å². The third kappa shape index (κ3) is 7.82. The van der Waals surface area contributed by atoms with Crippen LogP contribution in [0.5, 0.6) is 5.75 Å². The maximum Gasteiger partial charge on any atom is 0.429 e. The Kier molecular flexibility index (Phi) is 10.5. The molecule has 0 saturated carbocycles. The first-order chi connectivity index (χ1) is 23.3. The van der Waals surface area contributed by atoms with E-state index in [1.54, 1.807) is 12.1 Å². The van der Waals surface area contributed by atoms with Crippen LogP contribution in [0.25, 0.3) is 33.9 Å². The van der Waals surface area contributed by atoms with E-state index in [-0.39, 0.29) is 27.8 Å². The van der Waals surface area contributed by atoms with E-state index >= 15 is 13.2 Å². The summed E-state index contributed by atoms with van der Waals surface area (Å²) in [6, 6.07) is 14.3. The van der Waals surface area contributed by atoms with Crippen molar-refractivity contribution in [2.45, 2.75) is 38.7 Å². The van der Waals surface area contributed by atoms with Gasteiger partial charge in [0.15, 0.2) is 29.1 Å². The highest BCUT2D eigenvalue weighted by Gasteiger charge is 2.38. The summed E-state index contributed by atoms with van der Waals surface area (Å²) < 4.78 is 150. The fraction of sp³-hybridized carbons (Fsp3) is 0.158. The number of rotatable bonds is 11. The molecule has 0 aromatic heterocycles. The predicted octanol–water partition coefficient (Wildman–Crippen LogP) is 12.5. The maximum atomic E-state index is 15.0. The Bertz CT molecular complexity index is 2000. The Labute approximate surface area is 275 Å². The Hall–Kier alpha value is -5.06. The molecule has 0 N–H and O–H groups in total. The molecule has 0 atom stereocenters. The van der Waals surface area contributed by atoms with E-state index in [0.717, 1.165) is 61.6 Å². The Morgan fingerprint density at radius 2 is 1.14 bits per heavy atom. The number of halogens is 10. The van der Waals surface area contributed by atoms with Crippen LogP contribution in [0.1, 0.15) is 48.4 Å². The number of aryl methyl sites for hydroxylation is 1. The van der Waals surface area contributed by atoms with Crippen LogP contribution in [0, 0.1) is 34.9 Å². The summed E-state index contributed by atoms with van der Waals surface area (Å²) in [5.41, 5.74) is -2.16. The first-order valence-corrected chi connectivity index (χ1v) is 15.0. The number of hydrogen-bond donors (Lipinski definition) is 0. The smallest absolute Gasteiger partial charge is 0.429 e. The molecule has 254 valence electrons. The van der Waals surface area contributed by atoms with E-state index in [1.807, 2.05) is 0 Å². The van der Waals surface area contributed by atoms with Crippen LogP contribution >= 0.6 is 0 Å². The molecule has 0 fully saturated rings. The molecule has 0 aliphatic heterocycles. The van der Waals surface area contributed by atoms with E-state index in [0.29, 0.717) is 30.3 Å². The number of ether oxygens (including phenoxy) is 1.